The molecule has 0 atom stereocenters. The van der Waals surface area contributed by atoms with Crippen molar-refractivity contribution in [2.45, 2.75) is 6.54 Å². The Morgan fingerprint density at radius 3 is 2.46 bits per heavy atom. The maximum atomic E-state index is 12.4. The van der Waals surface area contributed by atoms with Crippen LogP contribution in [0, 0.1) is 0 Å². The van der Waals surface area contributed by atoms with Crippen LogP contribution in [0.4, 0.5) is 0 Å². The van der Waals surface area contributed by atoms with Crippen molar-refractivity contribution in [3.05, 3.63) is 70.9 Å². The molecule has 1 aromatic heterocycles. The molecule has 26 heavy (non-hydrogen) atoms. The molecule has 2 aromatic carbocycles. The first-order valence-corrected chi connectivity index (χ1v) is 8.37. The van der Waals surface area contributed by atoms with Gasteiger partial charge in [0.2, 0.25) is 0 Å². The zero-order valence-corrected chi connectivity index (χ0v) is 14.7. The van der Waals surface area contributed by atoms with E-state index in [4.69, 9.17) is 16.3 Å². The van der Waals surface area contributed by atoms with Gasteiger partial charge in [0, 0.05) is 10.6 Å². The van der Waals surface area contributed by atoms with Gasteiger partial charge in [0.25, 0.3) is 5.91 Å². The normalized spacial score (nSPS) is 13.5. The van der Waals surface area contributed by atoms with Gasteiger partial charge in [0.05, 0.1) is 25.1 Å². The van der Waals surface area contributed by atoms with Gasteiger partial charge in [-0.15, -0.1) is 0 Å². The molecule has 0 bridgehead atoms. The molecule has 1 N–H and O–H groups in total. The number of methoxy groups -OCH3 is 1. The summed E-state index contributed by atoms with van der Waals surface area (Å²) in [7, 11) is 1.62. The smallest absolute Gasteiger partial charge is 0.289 e. The van der Waals surface area contributed by atoms with E-state index in [0.717, 1.165) is 16.9 Å². The van der Waals surface area contributed by atoms with E-state index in [2.05, 4.69) is 15.6 Å². The Morgan fingerprint density at radius 2 is 1.77 bits per heavy atom. The van der Waals surface area contributed by atoms with Crippen molar-refractivity contribution in [3.63, 3.8) is 0 Å². The third-order valence-corrected chi connectivity index (χ3v) is 4.42. The predicted molar refractivity (Wildman–Crippen MR) is 99.7 cm³/mol. The zero-order valence-electron chi connectivity index (χ0n) is 13.9. The summed E-state index contributed by atoms with van der Waals surface area (Å²) in [5, 5.41) is 9.46. The Hall–Kier alpha value is -3.12. The fourth-order valence-corrected chi connectivity index (χ4v) is 2.90. The number of carbonyl (C=O) groups is 1. The second kappa shape index (κ2) is 6.65. The average molecular weight is 367 g/mol. The van der Waals surface area contributed by atoms with Crippen LogP contribution in [0.1, 0.15) is 16.1 Å². The molecule has 1 aliphatic rings. The SMILES string of the molecule is COc1ccc(C2=NNC(=O)c3cc(-c4ccc(Cl)cc4)nn3C2)cc1. The van der Waals surface area contributed by atoms with Crippen molar-refractivity contribution in [1.29, 1.82) is 0 Å². The minimum Gasteiger partial charge on any atom is -0.497 e. The maximum Gasteiger partial charge on any atom is 0.289 e. The molecule has 2 heterocycles. The second-order valence-electron chi connectivity index (χ2n) is 5.81. The molecule has 0 unspecified atom stereocenters. The first-order chi connectivity index (χ1) is 12.6. The number of nitrogens with one attached hydrogen (secondary N) is 1. The van der Waals surface area contributed by atoms with Crippen LogP contribution in [-0.4, -0.2) is 28.5 Å². The molecule has 3 aromatic rings. The number of nitrogens with zero attached hydrogens (tertiary/aromatic N) is 3. The summed E-state index contributed by atoms with van der Waals surface area (Å²) in [5.74, 6) is 0.470. The number of rotatable bonds is 3. The Morgan fingerprint density at radius 1 is 1.08 bits per heavy atom. The Balaban J connectivity index is 1.68. The van der Waals surface area contributed by atoms with Gasteiger partial charge in [-0.3, -0.25) is 9.48 Å². The average Bonchev–Trinajstić information content (AvgIpc) is 3.03. The summed E-state index contributed by atoms with van der Waals surface area (Å²) in [6.45, 7) is 0.383. The summed E-state index contributed by atoms with van der Waals surface area (Å²) in [4.78, 5) is 12.4. The fourth-order valence-electron chi connectivity index (χ4n) is 2.77. The van der Waals surface area contributed by atoms with Crippen LogP contribution in [0.2, 0.25) is 5.02 Å². The fraction of sp³-hybridized carbons (Fsp3) is 0.105. The lowest BCUT2D eigenvalue weighted by Gasteiger charge is -2.06. The minimum absolute atomic E-state index is 0.291. The summed E-state index contributed by atoms with van der Waals surface area (Å²) >= 11 is 5.94. The Bertz CT molecular complexity index is 991. The number of carbonyl (C=O) groups excluding carboxylic acids is 1. The number of fused-ring (bicyclic) bond motifs is 1. The molecule has 7 heteroatoms. The topological polar surface area (TPSA) is 68.5 Å². The number of benzene rings is 2. The highest BCUT2D eigenvalue weighted by Crippen LogP contribution is 2.23. The molecule has 0 fully saturated rings. The molecule has 0 aliphatic carbocycles. The summed E-state index contributed by atoms with van der Waals surface area (Å²) in [6.07, 6.45) is 0. The lowest BCUT2D eigenvalue weighted by atomic mass is 10.1. The summed E-state index contributed by atoms with van der Waals surface area (Å²) in [6, 6.07) is 16.6. The van der Waals surface area contributed by atoms with Crippen LogP contribution >= 0.6 is 11.6 Å². The first kappa shape index (κ1) is 16.4. The van der Waals surface area contributed by atoms with E-state index in [1.165, 1.54) is 0 Å². The lowest BCUT2D eigenvalue weighted by molar-refractivity contribution is 0.0947. The molecule has 0 saturated heterocycles. The highest BCUT2D eigenvalue weighted by atomic mass is 35.5. The number of aromatic nitrogens is 2. The van der Waals surface area contributed by atoms with Gasteiger partial charge in [-0.05, 0) is 48.0 Å². The van der Waals surface area contributed by atoms with Crippen molar-refractivity contribution >= 4 is 23.2 Å². The van der Waals surface area contributed by atoms with E-state index >= 15 is 0 Å². The van der Waals surface area contributed by atoms with Crippen molar-refractivity contribution in [1.82, 2.24) is 15.2 Å². The molecule has 0 saturated carbocycles. The third-order valence-electron chi connectivity index (χ3n) is 4.17. The maximum absolute atomic E-state index is 12.4. The minimum atomic E-state index is -0.291. The number of hydrazone groups is 1. The van der Waals surface area contributed by atoms with Crippen LogP contribution in [0.3, 0.4) is 0 Å². The molecular formula is C19H15ClN4O2. The monoisotopic (exact) mass is 366 g/mol. The third kappa shape index (κ3) is 3.07. The van der Waals surface area contributed by atoms with Gasteiger partial charge in [0.1, 0.15) is 11.4 Å². The van der Waals surface area contributed by atoms with Crippen LogP contribution in [-0.2, 0) is 6.54 Å². The molecule has 4 rings (SSSR count). The van der Waals surface area contributed by atoms with Gasteiger partial charge in [-0.1, -0.05) is 23.7 Å². The van der Waals surface area contributed by atoms with E-state index in [0.29, 0.717) is 28.7 Å². The lowest BCUT2D eigenvalue weighted by Crippen LogP contribution is -2.18. The summed E-state index contributed by atoms with van der Waals surface area (Å²) in [5.41, 5.74) is 6.26. The number of hydrogen-bond acceptors (Lipinski definition) is 4. The Labute approximate surface area is 155 Å². The quantitative estimate of drug-likeness (QED) is 0.772. The molecule has 1 aliphatic heterocycles. The number of amides is 1. The largest absolute Gasteiger partial charge is 0.497 e. The standard InChI is InChI=1S/C19H15ClN4O2/c1-26-15-8-4-13(5-9-15)17-11-24-18(19(25)22-21-17)10-16(23-24)12-2-6-14(20)7-3-12/h2-10H,11H2,1H3,(H,22,25). The number of ether oxygens (including phenoxy) is 1. The van der Waals surface area contributed by atoms with Crippen molar-refractivity contribution < 1.29 is 9.53 Å². The van der Waals surface area contributed by atoms with Gasteiger partial charge in [0.15, 0.2) is 0 Å². The van der Waals surface area contributed by atoms with Crippen molar-refractivity contribution in [2.24, 2.45) is 5.10 Å². The van der Waals surface area contributed by atoms with Gasteiger partial charge in [-0.2, -0.15) is 10.2 Å². The van der Waals surface area contributed by atoms with E-state index < -0.39 is 0 Å². The molecule has 0 radical (unpaired) electrons. The van der Waals surface area contributed by atoms with Crippen LogP contribution < -0.4 is 10.2 Å². The number of hydrogen-bond donors (Lipinski definition) is 1. The highest BCUT2D eigenvalue weighted by molar-refractivity contribution is 6.30. The van der Waals surface area contributed by atoms with Crippen LogP contribution in [0.5, 0.6) is 5.75 Å². The zero-order chi connectivity index (χ0) is 18.1. The van der Waals surface area contributed by atoms with E-state index in [1.807, 2.05) is 36.4 Å². The molecule has 130 valence electrons. The molecule has 1 amide bonds. The van der Waals surface area contributed by atoms with E-state index in [1.54, 1.807) is 30.0 Å². The predicted octanol–water partition coefficient (Wildman–Crippen LogP) is 3.36. The van der Waals surface area contributed by atoms with Crippen molar-refractivity contribution in [3.8, 4) is 17.0 Å². The van der Waals surface area contributed by atoms with Crippen LogP contribution in [0.25, 0.3) is 11.3 Å². The molecular weight excluding hydrogens is 352 g/mol. The summed E-state index contributed by atoms with van der Waals surface area (Å²) < 4.78 is 6.84. The number of halogens is 1. The Kier molecular flexibility index (Phi) is 4.18. The van der Waals surface area contributed by atoms with Gasteiger partial charge >= 0.3 is 0 Å². The first-order valence-electron chi connectivity index (χ1n) is 7.99. The second-order valence-corrected chi connectivity index (χ2v) is 6.24. The van der Waals surface area contributed by atoms with Crippen molar-refractivity contribution in [2.75, 3.05) is 7.11 Å². The highest BCUT2D eigenvalue weighted by Gasteiger charge is 2.21. The molecule has 6 nitrogen and oxygen atoms in total. The van der Waals surface area contributed by atoms with Gasteiger partial charge in [-0.25, -0.2) is 5.43 Å². The van der Waals surface area contributed by atoms with E-state index in [9.17, 15) is 4.79 Å². The van der Waals surface area contributed by atoms with Gasteiger partial charge < -0.3 is 4.74 Å². The van der Waals surface area contributed by atoms with Crippen LogP contribution in [0.15, 0.2) is 59.7 Å². The molecule has 0 spiro atoms. The van der Waals surface area contributed by atoms with E-state index in [-0.39, 0.29) is 5.91 Å².